The molecule has 0 saturated heterocycles. The van der Waals surface area contributed by atoms with Crippen LogP contribution >= 0.6 is 0 Å². The number of hydrogen-bond donors (Lipinski definition) is 0. The van der Waals surface area contributed by atoms with Crippen molar-refractivity contribution in [2.45, 2.75) is 11.3 Å². The second-order valence-corrected chi connectivity index (χ2v) is 10.1. The normalized spacial score (nSPS) is 15.0. The summed E-state index contributed by atoms with van der Waals surface area (Å²) in [5.41, 5.74) is 2.04. The van der Waals surface area contributed by atoms with Crippen LogP contribution in [-0.2, 0) is 26.5 Å². The minimum absolute atomic E-state index is 0.167. The molecule has 1 heterocycles. The van der Waals surface area contributed by atoms with Crippen LogP contribution in [0.1, 0.15) is 11.1 Å². The molecule has 0 atom stereocenters. The minimum Gasteiger partial charge on any atom is -0.266 e. The van der Waals surface area contributed by atoms with E-state index in [0.29, 0.717) is 24.2 Å². The van der Waals surface area contributed by atoms with Crippen LogP contribution in [0.3, 0.4) is 0 Å². The zero-order valence-corrected chi connectivity index (χ0v) is 16.2. The van der Waals surface area contributed by atoms with E-state index in [1.165, 1.54) is 29.9 Å². The maximum Gasteiger partial charge on any atom is 0.257 e. The third-order valence-electron chi connectivity index (χ3n) is 4.22. The Morgan fingerprint density at radius 1 is 1.00 bits per heavy atom. The molecule has 6 nitrogen and oxygen atoms in total. The van der Waals surface area contributed by atoms with Gasteiger partial charge in [-0.2, -0.15) is 0 Å². The molecule has 0 saturated carbocycles. The topological polar surface area (TPSA) is 74.8 Å². The Morgan fingerprint density at radius 2 is 1.69 bits per heavy atom. The first-order valence-corrected chi connectivity index (χ1v) is 11.0. The molecular weight excluding hydrogens is 372 g/mol. The highest BCUT2D eigenvalue weighted by atomic mass is 32.2. The zero-order chi connectivity index (χ0) is 18.9. The van der Waals surface area contributed by atoms with Gasteiger partial charge in [-0.25, -0.2) is 21.1 Å². The number of sulfonamides is 2. The lowest BCUT2D eigenvalue weighted by Crippen LogP contribution is -2.27. The quantitative estimate of drug-likeness (QED) is 0.783. The molecular formula is C18H20N2O4S2. The molecule has 2 aromatic rings. The average Bonchev–Trinajstić information content (AvgIpc) is 3.05. The molecule has 2 aromatic carbocycles. The summed E-state index contributed by atoms with van der Waals surface area (Å²) in [5.74, 6) is 0. The molecule has 8 heteroatoms. The van der Waals surface area contributed by atoms with Gasteiger partial charge in [0.05, 0.1) is 16.0 Å². The van der Waals surface area contributed by atoms with Crippen LogP contribution < -0.4 is 4.31 Å². The summed E-state index contributed by atoms with van der Waals surface area (Å²) in [7, 11) is -4.26. The van der Waals surface area contributed by atoms with E-state index < -0.39 is 20.0 Å². The van der Waals surface area contributed by atoms with Crippen molar-refractivity contribution in [1.29, 1.82) is 0 Å². The van der Waals surface area contributed by atoms with Crippen molar-refractivity contribution in [2.24, 2.45) is 0 Å². The average molecular weight is 393 g/mol. The van der Waals surface area contributed by atoms with Crippen molar-refractivity contribution in [3.8, 4) is 0 Å². The Hall–Kier alpha value is -2.16. The lowest BCUT2D eigenvalue weighted by molar-refractivity contribution is 0.520. The fraction of sp³-hybridized carbons (Fsp3) is 0.222. The van der Waals surface area contributed by atoms with Crippen LogP contribution in [0.15, 0.2) is 58.8 Å². The van der Waals surface area contributed by atoms with Crippen molar-refractivity contribution in [2.75, 3.05) is 24.9 Å². The van der Waals surface area contributed by atoms with E-state index in [4.69, 9.17) is 0 Å². The van der Waals surface area contributed by atoms with Gasteiger partial charge >= 0.3 is 0 Å². The van der Waals surface area contributed by atoms with Crippen LogP contribution in [0.25, 0.3) is 6.08 Å². The van der Waals surface area contributed by atoms with Gasteiger partial charge in [0.1, 0.15) is 0 Å². The number of hydrogen-bond acceptors (Lipinski definition) is 4. The number of fused-ring (bicyclic) bond motifs is 1. The molecule has 26 heavy (non-hydrogen) atoms. The van der Waals surface area contributed by atoms with Gasteiger partial charge in [0.25, 0.3) is 10.0 Å². The summed E-state index contributed by atoms with van der Waals surface area (Å²) in [6.45, 7) is 0.294. The van der Waals surface area contributed by atoms with Gasteiger partial charge in [0.2, 0.25) is 10.0 Å². The first-order valence-electron chi connectivity index (χ1n) is 8.03. The Morgan fingerprint density at radius 3 is 2.35 bits per heavy atom. The second kappa shape index (κ2) is 6.86. The van der Waals surface area contributed by atoms with Crippen molar-refractivity contribution < 1.29 is 16.8 Å². The summed E-state index contributed by atoms with van der Waals surface area (Å²) in [5, 5.41) is 1.18. The van der Waals surface area contributed by atoms with Crippen LogP contribution in [0.5, 0.6) is 0 Å². The van der Waals surface area contributed by atoms with E-state index in [9.17, 15) is 16.8 Å². The third kappa shape index (κ3) is 3.53. The molecule has 0 spiro atoms. The predicted octanol–water partition coefficient (Wildman–Crippen LogP) is 2.30. The summed E-state index contributed by atoms with van der Waals surface area (Å²) < 4.78 is 52.3. The first-order chi connectivity index (χ1) is 12.2. The Labute approximate surface area is 154 Å². The van der Waals surface area contributed by atoms with Gasteiger partial charge in [-0.15, -0.1) is 0 Å². The SMILES string of the molecule is CN(C)S(=O)(=O)c1ccc2c(c1)CCN2S(=O)(=O)/C=C/c1ccccc1. The molecule has 138 valence electrons. The molecule has 0 aromatic heterocycles. The molecule has 0 unspecified atom stereocenters. The maximum absolute atomic E-state index is 12.7. The standard InChI is InChI=1S/C18H20N2O4S2/c1-19(2)26(23,24)17-8-9-18-16(14-17)10-12-20(18)25(21,22)13-11-15-6-4-3-5-7-15/h3-9,11,13-14H,10,12H2,1-2H3/b13-11+. The van der Waals surface area contributed by atoms with Crippen LogP contribution in [0.4, 0.5) is 5.69 Å². The predicted molar refractivity (Wildman–Crippen MR) is 103 cm³/mol. The van der Waals surface area contributed by atoms with Crippen LogP contribution in [-0.4, -0.2) is 41.8 Å². The van der Waals surface area contributed by atoms with Crippen molar-refractivity contribution in [3.05, 3.63) is 65.1 Å². The van der Waals surface area contributed by atoms with Gasteiger partial charge in [-0.3, -0.25) is 4.31 Å². The van der Waals surface area contributed by atoms with Gasteiger partial charge < -0.3 is 0 Å². The number of nitrogens with zero attached hydrogens (tertiary/aromatic N) is 2. The van der Waals surface area contributed by atoms with E-state index in [1.54, 1.807) is 18.2 Å². The fourth-order valence-electron chi connectivity index (χ4n) is 2.79. The second-order valence-electron chi connectivity index (χ2n) is 6.16. The van der Waals surface area contributed by atoms with Gasteiger partial charge in [0.15, 0.2) is 0 Å². The minimum atomic E-state index is -3.64. The van der Waals surface area contributed by atoms with Crippen molar-refractivity contribution >= 4 is 31.8 Å². The zero-order valence-electron chi connectivity index (χ0n) is 14.5. The molecule has 0 bridgehead atoms. The smallest absolute Gasteiger partial charge is 0.257 e. The van der Waals surface area contributed by atoms with E-state index in [-0.39, 0.29) is 4.90 Å². The lowest BCUT2D eigenvalue weighted by atomic mass is 10.2. The maximum atomic E-state index is 12.7. The summed E-state index contributed by atoms with van der Waals surface area (Å²) in [6.07, 6.45) is 2.03. The van der Waals surface area contributed by atoms with Gasteiger partial charge in [-0.05, 0) is 41.8 Å². The van der Waals surface area contributed by atoms with Crippen LogP contribution in [0.2, 0.25) is 0 Å². The molecule has 1 aliphatic rings. The van der Waals surface area contributed by atoms with Crippen molar-refractivity contribution in [3.63, 3.8) is 0 Å². The van der Waals surface area contributed by atoms with Crippen molar-refractivity contribution in [1.82, 2.24) is 4.31 Å². The molecule has 1 aliphatic heterocycles. The van der Waals surface area contributed by atoms with E-state index >= 15 is 0 Å². The summed E-state index contributed by atoms with van der Waals surface area (Å²) in [4.78, 5) is 0.167. The highest BCUT2D eigenvalue weighted by Gasteiger charge is 2.29. The number of rotatable bonds is 5. The van der Waals surface area contributed by atoms with E-state index in [2.05, 4.69) is 0 Å². The summed E-state index contributed by atoms with van der Waals surface area (Å²) >= 11 is 0. The monoisotopic (exact) mass is 392 g/mol. The Kier molecular flexibility index (Phi) is 4.92. The molecule has 3 rings (SSSR count). The molecule has 0 N–H and O–H groups in total. The largest absolute Gasteiger partial charge is 0.266 e. The van der Waals surface area contributed by atoms with E-state index in [0.717, 1.165) is 9.87 Å². The highest BCUT2D eigenvalue weighted by Crippen LogP contribution is 2.33. The lowest BCUT2D eigenvalue weighted by Gasteiger charge is -2.18. The number of anilines is 1. The Bertz CT molecular complexity index is 1040. The van der Waals surface area contributed by atoms with E-state index in [1.807, 2.05) is 30.3 Å². The molecule has 0 radical (unpaired) electrons. The van der Waals surface area contributed by atoms with Gasteiger partial charge in [-0.1, -0.05) is 30.3 Å². The third-order valence-corrected chi connectivity index (χ3v) is 7.51. The highest BCUT2D eigenvalue weighted by molar-refractivity contribution is 7.95. The fourth-order valence-corrected chi connectivity index (χ4v) is 5.01. The summed E-state index contributed by atoms with van der Waals surface area (Å²) in [6, 6.07) is 13.7. The molecule has 0 aliphatic carbocycles. The Balaban J connectivity index is 1.91. The first kappa shape index (κ1) is 18.6. The van der Waals surface area contributed by atoms with Gasteiger partial charge in [0, 0.05) is 20.6 Å². The molecule has 0 fully saturated rings. The van der Waals surface area contributed by atoms with Crippen LogP contribution in [0, 0.1) is 0 Å². The number of benzene rings is 2. The molecule has 0 amide bonds.